The highest BCUT2D eigenvalue weighted by Gasteiger charge is 2.12. The lowest BCUT2D eigenvalue weighted by molar-refractivity contribution is 0.101. The Morgan fingerprint density at radius 3 is 2.29 bits per heavy atom. The number of benzene rings is 2. The van der Waals surface area contributed by atoms with Crippen LogP contribution in [0.4, 0.5) is 0 Å². The second-order valence-electron chi connectivity index (χ2n) is 4.63. The summed E-state index contributed by atoms with van der Waals surface area (Å²) in [6, 6.07) is 13.4. The van der Waals surface area contributed by atoms with E-state index in [2.05, 4.69) is 0 Å². The zero-order chi connectivity index (χ0) is 15.2. The summed E-state index contributed by atoms with van der Waals surface area (Å²) >= 11 is 0. The van der Waals surface area contributed by atoms with Crippen molar-refractivity contribution in [2.75, 3.05) is 13.2 Å². The number of ether oxygens (including phenoxy) is 2. The third-order valence-corrected chi connectivity index (χ3v) is 3.16. The Kier molecular flexibility index (Phi) is 4.99. The Bertz CT molecular complexity index is 632. The van der Waals surface area contributed by atoms with Crippen molar-refractivity contribution in [2.45, 2.75) is 20.8 Å². The topological polar surface area (TPSA) is 35.5 Å². The van der Waals surface area contributed by atoms with E-state index in [1.165, 1.54) is 0 Å². The largest absolute Gasteiger partial charge is 0.490 e. The average Bonchev–Trinajstić information content (AvgIpc) is 2.49. The lowest BCUT2D eigenvalue weighted by Gasteiger charge is -2.13. The molecule has 2 rings (SSSR count). The third kappa shape index (κ3) is 3.43. The van der Waals surface area contributed by atoms with Gasteiger partial charge in [-0.1, -0.05) is 30.3 Å². The molecule has 0 saturated heterocycles. The van der Waals surface area contributed by atoms with E-state index in [1.807, 2.05) is 56.3 Å². The van der Waals surface area contributed by atoms with E-state index < -0.39 is 0 Å². The summed E-state index contributed by atoms with van der Waals surface area (Å²) < 4.78 is 11.2. The number of carbonyl (C=O) groups is 1. The first-order valence-electron chi connectivity index (χ1n) is 7.17. The maximum Gasteiger partial charge on any atom is 0.161 e. The van der Waals surface area contributed by atoms with Gasteiger partial charge in [0.1, 0.15) is 0 Å². The molecule has 2 aromatic carbocycles. The van der Waals surface area contributed by atoms with Crippen molar-refractivity contribution in [1.29, 1.82) is 0 Å². The highest BCUT2D eigenvalue weighted by molar-refractivity contribution is 6.00. The molecule has 2 aromatic rings. The van der Waals surface area contributed by atoms with Crippen molar-refractivity contribution in [2.24, 2.45) is 0 Å². The fourth-order valence-corrected chi connectivity index (χ4v) is 2.26. The van der Waals surface area contributed by atoms with E-state index in [4.69, 9.17) is 9.47 Å². The van der Waals surface area contributed by atoms with Crippen LogP contribution in [-0.4, -0.2) is 19.0 Å². The van der Waals surface area contributed by atoms with E-state index in [-0.39, 0.29) is 5.78 Å². The number of Topliss-reactive ketones (excluding diaryl/α,β-unsaturated/α-hetero) is 1. The summed E-state index contributed by atoms with van der Waals surface area (Å²) in [5.74, 6) is 1.48. The number of hydrogen-bond acceptors (Lipinski definition) is 3. The second kappa shape index (κ2) is 6.93. The minimum Gasteiger partial charge on any atom is -0.490 e. The number of carbonyl (C=O) groups excluding carboxylic acids is 1. The van der Waals surface area contributed by atoms with Crippen LogP contribution in [0.3, 0.4) is 0 Å². The lowest BCUT2D eigenvalue weighted by Crippen LogP contribution is -2.00. The molecule has 0 amide bonds. The average molecular weight is 284 g/mol. The van der Waals surface area contributed by atoms with Gasteiger partial charge in [-0.25, -0.2) is 0 Å². The van der Waals surface area contributed by atoms with Crippen LogP contribution in [0.2, 0.25) is 0 Å². The van der Waals surface area contributed by atoms with Crippen LogP contribution in [0, 0.1) is 0 Å². The number of ketones is 1. The SMILES string of the molecule is CCOc1ccc(-c2ccccc2C(C)=O)cc1OCC. The molecule has 0 N–H and O–H groups in total. The smallest absolute Gasteiger partial charge is 0.161 e. The summed E-state index contributed by atoms with van der Waals surface area (Å²) in [4.78, 5) is 11.8. The van der Waals surface area contributed by atoms with Crippen molar-refractivity contribution in [3.8, 4) is 22.6 Å². The van der Waals surface area contributed by atoms with Gasteiger partial charge in [-0.3, -0.25) is 4.79 Å². The van der Waals surface area contributed by atoms with Gasteiger partial charge >= 0.3 is 0 Å². The summed E-state index contributed by atoms with van der Waals surface area (Å²) in [6.07, 6.45) is 0. The molecule has 0 fully saturated rings. The standard InChI is InChI=1S/C18H20O3/c1-4-20-17-11-10-14(12-18(17)21-5-2)16-9-7-6-8-15(16)13(3)19/h6-12H,4-5H2,1-3H3. The molecular weight excluding hydrogens is 264 g/mol. The van der Waals surface area contributed by atoms with Gasteiger partial charge in [0.25, 0.3) is 0 Å². The van der Waals surface area contributed by atoms with Crippen molar-refractivity contribution < 1.29 is 14.3 Å². The normalized spacial score (nSPS) is 10.2. The molecule has 0 aliphatic carbocycles. The molecule has 3 nitrogen and oxygen atoms in total. The van der Waals surface area contributed by atoms with Crippen molar-refractivity contribution in [3.05, 3.63) is 48.0 Å². The van der Waals surface area contributed by atoms with Crippen LogP contribution in [-0.2, 0) is 0 Å². The minimum atomic E-state index is 0.0532. The van der Waals surface area contributed by atoms with Crippen LogP contribution in [0.25, 0.3) is 11.1 Å². The molecular formula is C18H20O3. The van der Waals surface area contributed by atoms with E-state index in [0.29, 0.717) is 24.5 Å². The summed E-state index contributed by atoms with van der Waals surface area (Å²) in [7, 11) is 0. The molecule has 0 spiro atoms. The van der Waals surface area contributed by atoms with E-state index >= 15 is 0 Å². The summed E-state index contributed by atoms with van der Waals surface area (Å²) in [5, 5.41) is 0. The van der Waals surface area contributed by atoms with Crippen LogP contribution in [0.15, 0.2) is 42.5 Å². The van der Waals surface area contributed by atoms with Gasteiger partial charge in [0.05, 0.1) is 13.2 Å². The molecule has 0 radical (unpaired) electrons. The lowest BCUT2D eigenvalue weighted by atomic mass is 9.97. The first-order chi connectivity index (χ1) is 10.2. The Labute approximate surface area is 125 Å². The predicted molar refractivity (Wildman–Crippen MR) is 84.2 cm³/mol. The Morgan fingerprint density at radius 1 is 0.952 bits per heavy atom. The fourth-order valence-electron chi connectivity index (χ4n) is 2.26. The van der Waals surface area contributed by atoms with Crippen LogP contribution < -0.4 is 9.47 Å². The zero-order valence-electron chi connectivity index (χ0n) is 12.7. The highest BCUT2D eigenvalue weighted by Crippen LogP contribution is 2.34. The second-order valence-corrected chi connectivity index (χ2v) is 4.63. The molecule has 0 unspecified atom stereocenters. The van der Waals surface area contributed by atoms with Crippen LogP contribution in [0.5, 0.6) is 11.5 Å². The van der Waals surface area contributed by atoms with Crippen molar-refractivity contribution in [3.63, 3.8) is 0 Å². The summed E-state index contributed by atoms with van der Waals surface area (Å²) in [5.41, 5.74) is 2.57. The van der Waals surface area contributed by atoms with Gasteiger partial charge in [-0.2, -0.15) is 0 Å². The van der Waals surface area contributed by atoms with E-state index in [9.17, 15) is 4.79 Å². The fraction of sp³-hybridized carbons (Fsp3) is 0.278. The van der Waals surface area contributed by atoms with Gasteiger partial charge in [-0.05, 0) is 44.0 Å². The first-order valence-corrected chi connectivity index (χ1v) is 7.17. The van der Waals surface area contributed by atoms with Crippen molar-refractivity contribution >= 4 is 5.78 Å². The molecule has 110 valence electrons. The van der Waals surface area contributed by atoms with Gasteiger partial charge in [-0.15, -0.1) is 0 Å². The van der Waals surface area contributed by atoms with Crippen LogP contribution >= 0.6 is 0 Å². The predicted octanol–water partition coefficient (Wildman–Crippen LogP) is 4.35. The minimum absolute atomic E-state index is 0.0532. The van der Waals surface area contributed by atoms with Crippen LogP contribution in [0.1, 0.15) is 31.1 Å². The van der Waals surface area contributed by atoms with E-state index in [1.54, 1.807) is 6.92 Å². The Balaban J connectivity index is 2.50. The maximum absolute atomic E-state index is 11.8. The van der Waals surface area contributed by atoms with Gasteiger partial charge in [0.2, 0.25) is 0 Å². The molecule has 0 heterocycles. The van der Waals surface area contributed by atoms with Gasteiger partial charge in [0.15, 0.2) is 17.3 Å². The third-order valence-electron chi connectivity index (χ3n) is 3.16. The maximum atomic E-state index is 11.8. The molecule has 0 aliphatic rings. The quantitative estimate of drug-likeness (QED) is 0.740. The van der Waals surface area contributed by atoms with Gasteiger partial charge < -0.3 is 9.47 Å². The van der Waals surface area contributed by atoms with Crippen molar-refractivity contribution in [1.82, 2.24) is 0 Å². The summed E-state index contributed by atoms with van der Waals surface area (Å²) in [6.45, 7) is 6.61. The molecule has 0 saturated carbocycles. The molecule has 0 aliphatic heterocycles. The monoisotopic (exact) mass is 284 g/mol. The molecule has 0 aromatic heterocycles. The molecule has 21 heavy (non-hydrogen) atoms. The Hall–Kier alpha value is -2.29. The molecule has 0 bridgehead atoms. The molecule has 3 heteroatoms. The number of rotatable bonds is 6. The molecule has 0 atom stereocenters. The zero-order valence-corrected chi connectivity index (χ0v) is 12.7. The Morgan fingerprint density at radius 2 is 1.62 bits per heavy atom. The number of hydrogen-bond donors (Lipinski definition) is 0. The highest BCUT2D eigenvalue weighted by atomic mass is 16.5. The van der Waals surface area contributed by atoms with Gasteiger partial charge in [0, 0.05) is 5.56 Å². The van der Waals surface area contributed by atoms with E-state index in [0.717, 1.165) is 16.9 Å². The first kappa shape index (κ1) is 15.1.